The van der Waals surface area contributed by atoms with E-state index in [0.717, 1.165) is 19.3 Å². The Bertz CT molecular complexity index is 229. The van der Waals surface area contributed by atoms with E-state index in [4.69, 9.17) is 0 Å². The lowest BCUT2D eigenvalue weighted by Crippen LogP contribution is -2.46. The summed E-state index contributed by atoms with van der Waals surface area (Å²) in [6.07, 6.45) is 3.09. The molecular weight excluding hydrogens is 202 g/mol. The lowest BCUT2D eigenvalue weighted by atomic mass is 9.79. The zero-order chi connectivity index (χ0) is 11.6. The average molecular weight is 220 g/mol. The van der Waals surface area contributed by atoms with E-state index in [-0.39, 0.29) is 18.6 Å². The summed E-state index contributed by atoms with van der Waals surface area (Å²) < 4.78 is 37.2. The molecule has 1 fully saturated rings. The van der Waals surface area contributed by atoms with Gasteiger partial charge in [0.05, 0.1) is 0 Å². The minimum atomic E-state index is -4.88. The minimum Gasteiger partial charge on any atom is -0.445 e. The Morgan fingerprint density at radius 3 is 2.13 bits per heavy atom. The molecule has 2 unspecified atom stereocenters. The Labute approximate surface area is 89.4 Å². The number of rotatable bonds is 3. The Balaban J connectivity index is 2.59. The number of piperidine rings is 1. The summed E-state index contributed by atoms with van der Waals surface area (Å²) in [6.45, 7) is 2.24. The van der Waals surface area contributed by atoms with Crippen molar-refractivity contribution in [3.63, 3.8) is 0 Å². The molecule has 0 radical (unpaired) electrons. The quantitative estimate of drug-likeness (QED) is 0.660. The number of hydrogen-bond acceptors (Lipinski definition) is 1. The van der Waals surface area contributed by atoms with Crippen LogP contribution in [0.3, 0.4) is 0 Å². The summed E-state index contributed by atoms with van der Waals surface area (Å²) >= 11 is 0. The molecule has 2 atom stereocenters. The third-order valence-electron chi connectivity index (χ3n) is 3.22. The van der Waals surface area contributed by atoms with Crippen molar-refractivity contribution < 1.29 is 12.9 Å². The molecule has 1 saturated heterocycles. The van der Waals surface area contributed by atoms with E-state index >= 15 is 0 Å². The van der Waals surface area contributed by atoms with Gasteiger partial charge in [-0.3, -0.25) is 4.90 Å². The first-order valence-electron chi connectivity index (χ1n) is 5.45. The van der Waals surface area contributed by atoms with Crippen LogP contribution in [0.4, 0.5) is 12.9 Å². The highest BCUT2D eigenvalue weighted by molar-refractivity contribution is 6.66. The molecule has 0 N–H and O–H groups in total. The molecule has 0 aromatic heterocycles. The van der Waals surface area contributed by atoms with E-state index in [2.05, 4.69) is 6.58 Å². The van der Waals surface area contributed by atoms with Gasteiger partial charge in [-0.2, -0.15) is 0 Å². The highest BCUT2D eigenvalue weighted by Crippen LogP contribution is 2.26. The second-order valence-corrected chi connectivity index (χ2v) is 4.53. The molecular formula is C10H18BF3N-. The summed E-state index contributed by atoms with van der Waals surface area (Å²) in [6, 6.07) is 0.479. The third kappa shape index (κ3) is 3.26. The van der Waals surface area contributed by atoms with E-state index < -0.39 is 12.4 Å². The maximum absolute atomic E-state index is 12.4. The Morgan fingerprint density at radius 2 is 1.73 bits per heavy atom. The van der Waals surface area contributed by atoms with Gasteiger partial charge in [-0.25, -0.2) is 0 Å². The molecule has 88 valence electrons. The monoisotopic (exact) mass is 220 g/mol. The molecule has 0 amide bonds. The zero-order valence-corrected chi connectivity index (χ0v) is 9.35. The van der Waals surface area contributed by atoms with Crippen LogP contribution in [0.1, 0.15) is 33.1 Å². The van der Waals surface area contributed by atoms with Gasteiger partial charge in [-0.05, 0) is 33.2 Å². The van der Waals surface area contributed by atoms with Crippen LogP contribution >= 0.6 is 0 Å². The summed E-state index contributed by atoms with van der Waals surface area (Å²) in [4.78, 5) is 1.92. The van der Waals surface area contributed by atoms with Gasteiger partial charge < -0.3 is 12.9 Å². The van der Waals surface area contributed by atoms with Gasteiger partial charge >= 0.3 is 6.98 Å². The summed E-state index contributed by atoms with van der Waals surface area (Å²) in [5, 5.41) is 0. The lowest BCUT2D eigenvalue weighted by molar-refractivity contribution is 0.116. The van der Waals surface area contributed by atoms with Crippen molar-refractivity contribution in [2.45, 2.75) is 45.2 Å². The van der Waals surface area contributed by atoms with Crippen LogP contribution in [0, 0.1) is 0 Å². The molecule has 15 heavy (non-hydrogen) atoms. The van der Waals surface area contributed by atoms with Gasteiger partial charge in [-0.15, -0.1) is 12.1 Å². The predicted octanol–water partition coefficient (Wildman–Crippen LogP) is 3.19. The van der Waals surface area contributed by atoms with E-state index in [0.29, 0.717) is 0 Å². The van der Waals surface area contributed by atoms with Gasteiger partial charge in [-0.1, -0.05) is 6.42 Å². The number of halogens is 3. The molecule has 5 heteroatoms. The van der Waals surface area contributed by atoms with Crippen LogP contribution in [0.5, 0.6) is 0 Å². The van der Waals surface area contributed by atoms with E-state index in [1.807, 2.05) is 18.7 Å². The minimum absolute atomic E-state index is 0.0220. The van der Waals surface area contributed by atoms with Gasteiger partial charge in [0.25, 0.3) is 0 Å². The molecule has 0 aromatic rings. The molecule has 0 aromatic carbocycles. The van der Waals surface area contributed by atoms with E-state index in [9.17, 15) is 12.9 Å². The third-order valence-corrected chi connectivity index (χ3v) is 3.22. The van der Waals surface area contributed by atoms with Crippen LogP contribution in [-0.4, -0.2) is 30.5 Å². The molecule has 1 heterocycles. The average Bonchev–Trinajstić information content (AvgIpc) is 2.09. The smallest absolute Gasteiger partial charge is 0.445 e. The number of nitrogens with zero attached hydrogens (tertiary/aromatic N) is 1. The van der Waals surface area contributed by atoms with Crippen LogP contribution in [0.2, 0.25) is 0 Å². The van der Waals surface area contributed by atoms with E-state index in [1.165, 1.54) is 0 Å². The fraction of sp³-hybridized carbons (Fsp3) is 0.800. The van der Waals surface area contributed by atoms with Crippen LogP contribution in [0.15, 0.2) is 12.1 Å². The van der Waals surface area contributed by atoms with E-state index in [1.54, 1.807) is 0 Å². The summed E-state index contributed by atoms with van der Waals surface area (Å²) in [7, 11) is 0. The molecule has 1 aliphatic rings. The summed E-state index contributed by atoms with van der Waals surface area (Å²) in [5.41, 5.74) is -0.574. The van der Waals surface area contributed by atoms with Crippen molar-refractivity contribution >= 4 is 6.98 Å². The first-order chi connectivity index (χ1) is 6.82. The maximum atomic E-state index is 12.4. The van der Waals surface area contributed by atoms with Gasteiger partial charge in [0.15, 0.2) is 0 Å². The Hall–Kier alpha value is -0.445. The Kier molecular flexibility index (Phi) is 3.87. The number of likely N-dealkylation sites (tertiary alicyclic amines) is 1. The first kappa shape index (κ1) is 12.6. The lowest BCUT2D eigenvalue weighted by Gasteiger charge is -2.40. The zero-order valence-electron chi connectivity index (χ0n) is 9.35. The second kappa shape index (κ2) is 4.60. The fourth-order valence-electron chi connectivity index (χ4n) is 2.12. The van der Waals surface area contributed by atoms with Crippen molar-refractivity contribution in [3.8, 4) is 0 Å². The predicted molar refractivity (Wildman–Crippen MR) is 57.7 cm³/mol. The van der Waals surface area contributed by atoms with Gasteiger partial charge in [0.1, 0.15) is 0 Å². The fourth-order valence-corrected chi connectivity index (χ4v) is 2.12. The largest absolute Gasteiger partial charge is 0.506 e. The molecule has 0 bridgehead atoms. The van der Waals surface area contributed by atoms with Gasteiger partial charge in [0.2, 0.25) is 0 Å². The topological polar surface area (TPSA) is 3.24 Å². The van der Waals surface area contributed by atoms with Crippen molar-refractivity contribution in [1.29, 1.82) is 0 Å². The van der Waals surface area contributed by atoms with Gasteiger partial charge in [0, 0.05) is 12.1 Å². The Morgan fingerprint density at radius 1 is 1.27 bits per heavy atom. The molecule has 0 aliphatic carbocycles. The van der Waals surface area contributed by atoms with Crippen LogP contribution < -0.4 is 0 Å². The van der Waals surface area contributed by atoms with Crippen molar-refractivity contribution in [3.05, 3.63) is 12.1 Å². The standard InChI is InChI=1S/C10H18BF3N/c1-8(11(12,13)14)7-15-9(2)5-4-6-10(15)3/h9-10H,1,4-7H2,2-3H3/q-1. The molecule has 0 spiro atoms. The highest BCUT2D eigenvalue weighted by Gasteiger charge is 2.31. The highest BCUT2D eigenvalue weighted by atomic mass is 19.4. The first-order valence-corrected chi connectivity index (χ1v) is 5.45. The normalized spacial score (nSPS) is 29.1. The van der Waals surface area contributed by atoms with Crippen LogP contribution in [0.25, 0.3) is 0 Å². The SMILES string of the molecule is C=C(CN1C(C)CCCC1C)[B-](F)(F)F. The maximum Gasteiger partial charge on any atom is 0.506 e. The molecule has 1 rings (SSSR count). The molecule has 0 saturated carbocycles. The number of hydrogen-bond donors (Lipinski definition) is 0. The molecule has 1 nitrogen and oxygen atoms in total. The van der Waals surface area contributed by atoms with Crippen molar-refractivity contribution in [2.75, 3.05) is 6.54 Å². The summed E-state index contributed by atoms with van der Waals surface area (Å²) in [5.74, 6) is 0. The molecule has 1 aliphatic heterocycles. The van der Waals surface area contributed by atoms with Crippen LogP contribution in [-0.2, 0) is 0 Å². The second-order valence-electron chi connectivity index (χ2n) is 4.53. The van der Waals surface area contributed by atoms with Crippen molar-refractivity contribution in [1.82, 2.24) is 4.90 Å². The van der Waals surface area contributed by atoms with Crippen molar-refractivity contribution in [2.24, 2.45) is 0 Å².